The summed E-state index contributed by atoms with van der Waals surface area (Å²) in [6.07, 6.45) is 0. The molecule has 0 aliphatic rings. The smallest absolute Gasteiger partial charge is 0.332 e. The Bertz CT molecular complexity index is 453. The monoisotopic (exact) mass is 1670 g/mol. The second-order valence-corrected chi connectivity index (χ2v) is 37.3. The van der Waals surface area contributed by atoms with Crippen LogP contribution in [0.2, 0.25) is 0 Å². The lowest BCUT2D eigenvalue weighted by atomic mass is 10.1. The van der Waals surface area contributed by atoms with E-state index >= 15 is 0 Å². The van der Waals surface area contributed by atoms with Crippen LogP contribution in [0.5, 0.6) is 0 Å². The average Bonchev–Trinajstić information content (AvgIpc) is 2.25. The molecule has 0 heterocycles. The highest BCUT2D eigenvalue weighted by molar-refractivity contribution is 14.2. The third-order valence-electron chi connectivity index (χ3n) is 2.20. The summed E-state index contributed by atoms with van der Waals surface area (Å²) in [6, 6.07) is 0. The fourth-order valence-electron chi connectivity index (χ4n) is 0.904. The van der Waals surface area contributed by atoms with Gasteiger partial charge in [-0.2, -0.15) is 0 Å². The van der Waals surface area contributed by atoms with Gasteiger partial charge in [-0.25, -0.2) is 4.79 Å². The number of carboxylic acid groups (broad SMARTS) is 1. The van der Waals surface area contributed by atoms with E-state index in [1.54, 1.807) is 0 Å². The first-order valence-corrected chi connectivity index (χ1v) is 17.7. The van der Waals surface area contributed by atoms with Crippen molar-refractivity contribution in [2.24, 2.45) is 0 Å². The van der Waals surface area contributed by atoms with Crippen molar-refractivity contribution in [3.05, 3.63) is 0 Å². The fraction of sp³-hybridized carbons (Fsp3) is 0.857. The van der Waals surface area contributed by atoms with Crippen molar-refractivity contribution >= 4 is 289 Å². The van der Waals surface area contributed by atoms with E-state index in [0.29, 0.717) is 0 Å². The van der Waals surface area contributed by atoms with Gasteiger partial charge in [0.15, 0.2) is 2.32 Å². The van der Waals surface area contributed by atoms with E-state index in [9.17, 15) is 9.90 Å². The summed E-state index contributed by atoms with van der Waals surface area (Å²) in [7, 11) is 0. The largest absolute Gasteiger partial charge is 0.480 e. The van der Waals surface area contributed by atoms with Crippen molar-refractivity contribution in [1.82, 2.24) is 0 Å². The fourth-order valence-corrected chi connectivity index (χ4v) is 16.6. The van der Waals surface area contributed by atoms with Gasteiger partial charge in [-0.3, -0.25) is 0 Å². The van der Waals surface area contributed by atoms with Crippen LogP contribution in [0.3, 0.4) is 0 Å². The van der Waals surface area contributed by atoms with E-state index in [0.717, 1.165) is 0 Å². The molecule has 15 heteroatoms. The lowest BCUT2D eigenvalue weighted by Crippen LogP contribution is -2.64. The minimum atomic E-state index is -0.970. The predicted molar refractivity (Wildman–Crippen MR) is 198 cm³/mol. The molecule has 0 bridgehead atoms. The van der Waals surface area contributed by atoms with Gasteiger partial charge in [0.05, 0.1) is 0 Å². The van der Waals surface area contributed by atoms with Crippen LogP contribution in [0.4, 0.5) is 0 Å². The first-order valence-electron chi connectivity index (χ1n) is 4.38. The van der Waals surface area contributed by atoms with Gasteiger partial charge in [0, 0.05) is 0 Å². The van der Waals surface area contributed by atoms with Crippen molar-refractivity contribution in [3.8, 4) is 0 Å². The summed E-state index contributed by atoms with van der Waals surface area (Å²) >= 11 is 34.2. The third kappa shape index (κ3) is 6.10. The molecule has 0 rings (SSSR count). The maximum atomic E-state index is 11.8. The zero-order valence-corrected chi connectivity index (χ0v) is 35.9. The Kier molecular flexibility index (Phi) is 14.8. The van der Waals surface area contributed by atoms with Crippen molar-refractivity contribution < 1.29 is 9.90 Å². The van der Waals surface area contributed by atoms with Crippen LogP contribution in [0.15, 0.2) is 0 Å². The first-order chi connectivity index (χ1) is 9.19. The van der Waals surface area contributed by atoms with Crippen LogP contribution in [-0.4, -0.2) is 19.1 Å². The van der Waals surface area contributed by atoms with Crippen molar-refractivity contribution in [1.29, 1.82) is 0 Å². The lowest BCUT2D eigenvalue weighted by Gasteiger charge is -2.53. The maximum absolute atomic E-state index is 11.8. The van der Waals surface area contributed by atoms with E-state index in [-0.39, 0.29) is 2.86 Å². The van der Waals surface area contributed by atoms with Gasteiger partial charge in [0.25, 0.3) is 0 Å². The number of aliphatic carboxylic acids is 1. The van der Waals surface area contributed by atoms with E-state index in [1.807, 2.05) is 45.2 Å². The molecule has 0 saturated heterocycles. The molecule has 0 amide bonds. The Morgan fingerprint density at radius 3 is 1.14 bits per heavy atom. The van der Waals surface area contributed by atoms with Crippen molar-refractivity contribution in [2.45, 2.75) is 8.03 Å². The molecule has 0 fully saturated rings. The molecule has 0 unspecified atom stereocenters. The highest BCUT2D eigenvalue weighted by Crippen LogP contribution is 2.75. The SMILES string of the molecule is O=C(O)C(I)(I)C(I)(I)C(I)(I)C(I)(I)C(I)(I)C(Cl)(I)I. The molecule has 0 aromatic heterocycles. The van der Waals surface area contributed by atoms with E-state index < -0.39 is 11.1 Å². The van der Waals surface area contributed by atoms with E-state index in [1.165, 1.54) is 0 Å². The molecule has 0 saturated carbocycles. The van der Waals surface area contributed by atoms with Crippen molar-refractivity contribution in [3.63, 3.8) is 0 Å². The summed E-state index contributed by atoms with van der Waals surface area (Å²) in [5.41, 5.74) is 0. The summed E-state index contributed by atoms with van der Waals surface area (Å²) in [5, 5.41) is 9.70. The Morgan fingerprint density at radius 1 is 0.636 bits per heavy atom. The normalized spacial score (nSPS) is 15.9. The van der Waals surface area contributed by atoms with Gasteiger partial charge >= 0.3 is 5.97 Å². The minimum Gasteiger partial charge on any atom is -0.480 e. The quantitative estimate of drug-likeness (QED) is 0.213. The van der Waals surface area contributed by atoms with Gasteiger partial charge in [-0.15, -0.1) is 0 Å². The van der Waals surface area contributed by atoms with Gasteiger partial charge < -0.3 is 5.11 Å². The molecule has 0 radical (unpaired) electrons. The second-order valence-electron chi connectivity index (χ2n) is 3.67. The zero-order chi connectivity index (χ0) is 18.6. The minimum absolute atomic E-state index is 0.342. The molecule has 0 aliphatic carbocycles. The van der Waals surface area contributed by atoms with Crippen molar-refractivity contribution in [2.75, 3.05) is 0 Å². The summed E-state index contributed by atoms with van der Waals surface area (Å²) in [5.74, 6) is -0.826. The summed E-state index contributed by atoms with van der Waals surface area (Å²) in [4.78, 5) is 11.8. The summed E-state index contributed by atoms with van der Waals surface area (Å²) in [6.45, 7) is 0. The molecular weight excluding hydrogens is 1670 g/mol. The highest BCUT2D eigenvalue weighted by atomic mass is 127. The second kappa shape index (κ2) is 10.6. The molecule has 0 spiro atoms. The lowest BCUT2D eigenvalue weighted by molar-refractivity contribution is -0.136. The zero-order valence-electron chi connectivity index (χ0n) is 9.27. The Hall–Kier alpha value is 8.52. The predicted octanol–water partition coefficient (Wildman–Crippen LogP) is 9.67. The van der Waals surface area contributed by atoms with Crippen LogP contribution >= 0.6 is 283 Å². The molecule has 2 nitrogen and oxygen atoms in total. The van der Waals surface area contributed by atoms with E-state index in [4.69, 9.17) is 11.6 Å². The first kappa shape index (κ1) is 30.5. The third-order valence-corrected chi connectivity index (χ3v) is 40.9. The summed E-state index contributed by atoms with van der Waals surface area (Å²) < 4.78 is -3.19. The topological polar surface area (TPSA) is 37.3 Å². The number of alkyl halides is 13. The molecular formula is C7HClI12O2. The molecule has 132 valence electrons. The number of hydrogen-bond donors (Lipinski definition) is 1. The molecule has 0 atom stereocenters. The maximum Gasteiger partial charge on any atom is 0.332 e. The van der Waals surface area contributed by atoms with Gasteiger partial charge in [-0.05, 0) is 45.2 Å². The molecule has 0 aromatic carbocycles. The Balaban J connectivity index is 6.29. The number of halogens is 13. The number of carboxylic acids is 1. The average molecular weight is 1680 g/mol. The Labute approximate surface area is 297 Å². The molecule has 1 N–H and O–H groups in total. The van der Waals surface area contributed by atoms with Crippen LogP contribution in [0.1, 0.15) is 0 Å². The van der Waals surface area contributed by atoms with Gasteiger partial charge in [0.2, 0.25) is 0 Å². The van der Waals surface area contributed by atoms with Gasteiger partial charge in [-0.1, -0.05) is 238 Å². The van der Waals surface area contributed by atoms with Gasteiger partial charge in [0.1, 0.15) is 5.71 Å². The number of rotatable bonds is 6. The molecule has 22 heavy (non-hydrogen) atoms. The number of hydrogen-bond acceptors (Lipinski definition) is 1. The van der Waals surface area contributed by atoms with Crippen LogP contribution in [-0.2, 0) is 4.79 Å². The highest BCUT2D eigenvalue weighted by Gasteiger charge is 2.73. The van der Waals surface area contributed by atoms with Crippen LogP contribution < -0.4 is 0 Å². The standard InChI is InChI=1S/C7HClI12O2/c8-7(19,20)6(17,18)5(15,16)4(13,14)3(11,12)2(9,10)1(21)22/h(H,21,22). The number of carbonyl (C=O) groups is 1. The van der Waals surface area contributed by atoms with E-state index in [2.05, 4.69) is 226 Å². The van der Waals surface area contributed by atoms with Crippen LogP contribution in [0.25, 0.3) is 0 Å². The Morgan fingerprint density at radius 2 is 0.909 bits per heavy atom. The van der Waals surface area contributed by atoms with Crippen LogP contribution in [0, 0.1) is 0 Å². The molecule has 0 aliphatic heterocycles. The molecule has 0 aromatic rings.